The molecule has 0 bridgehead atoms. The predicted octanol–water partition coefficient (Wildman–Crippen LogP) is 3.96. The van der Waals surface area contributed by atoms with E-state index in [-0.39, 0.29) is 11.3 Å². The van der Waals surface area contributed by atoms with Crippen molar-refractivity contribution in [2.75, 3.05) is 6.61 Å². The summed E-state index contributed by atoms with van der Waals surface area (Å²) in [5.74, 6) is 0. The zero-order valence-corrected chi connectivity index (χ0v) is 13.2. The minimum absolute atomic E-state index is 0.0540. The number of benzene rings is 1. The molecule has 1 rings (SSSR count). The van der Waals surface area contributed by atoms with Crippen LogP contribution in [-0.4, -0.2) is 27.4 Å². The lowest BCUT2D eigenvalue weighted by Gasteiger charge is -2.13. The van der Waals surface area contributed by atoms with E-state index in [0.717, 1.165) is 18.4 Å². The van der Waals surface area contributed by atoms with Crippen molar-refractivity contribution in [3.05, 3.63) is 29.8 Å². The van der Waals surface area contributed by atoms with Crippen LogP contribution in [0, 0.1) is 6.92 Å². The van der Waals surface area contributed by atoms with Gasteiger partial charge >= 0.3 is 0 Å². The van der Waals surface area contributed by atoms with Crippen LogP contribution in [0.3, 0.4) is 0 Å². The van der Waals surface area contributed by atoms with Gasteiger partial charge in [0, 0.05) is 0 Å². The van der Waals surface area contributed by atoms with Gasteiger partial charge in [-0.2, -0.15) is 8.42 Å². The minimum atomic E-state index is -4.04. The van der Waals surface area contributed by atoms with E-state index in [1.54, 1.807) is 12.1 Å². The highest BCUT2D eigenvalue weighted by atomic mass is 32.2. The molecule has 3 nitrogen and oxygen atoms in total. The van der Waals surface area contributed by atoms with Gasteiger partial charge in [-0.15, -0.1) is 0 Å². The Kier molecular flexibility index (Phi) is 7.25. The lowest BCUT2D eigenvalue weighted by molar-refractivity contribution is 0.104. The van der Waals surface area contributed by atoms with E-state index >= 15 is 0 Å². The summed E-state index contributed by atoms with van der Waals surface area (Å²) in [6, 6.07) is 6.00. The van der Waals surface area contributed by atoms with Crippen LogP contribution in [-0.2, 0) is 14.3 Å². The molecule has 0 saturated carbocycles. The average molecular weight is 320 g/mol. The Balaban J connectivity index is 2.51. The van der Waals surface area contributed by atoms with Crippen molar-refractivity contribution in [1.29, 1.82) is 0 Å². The summed E-state index contributed by atoms with van der Waals surface area (Å²) in [5, 5.41) is 0. The fourth-order valence-corrected chi connectivity index (χ4v) is 2.72. The first kappa shape index (κ1) is 18.0. The van der Waals surface area contributed by atoms with E-state index in [1.165, 1.54) is 12.1 Å². The van der Waals surface area contributed by atoms with Crippen LogP contribution in [0.4, 0.5) is 8.78 Å². The second kappa shape index (κ2) is 8.44. The van der Waals surface area contributed by atoms with Crippen molar-refractivity contribution in [3.8, 4) is 0 Å². The molecule has 0 aliphatic rings. The summed E-state index contributed by atoms with van der Waals surface area (Å²) < 4.78 is 55.3. The predicted molar refractivity (Wildman–Crippen MR) is 78.3 cm³/mol. The van der Waals surface area contributed by atoms with Gasteiger partial charge in [-0.3, -0.25) is 4.18 Å². The molecule has 6 heteroatoms. The highest BCUT2D eigenvalue weighted by molar-refractivity contribution is 7.86. The summed E-state index contributed by atoms with van der Waals surface area (Å²) in [5.41, 5.74) is 0.900. The number of hydrogen-bond donors (Lipinski definition) is 0. The number of alkyl halides is 2. The fourth-order valence-electron chi connectivity index (χ4n) is 1.80. The standard InChI is InChI=1S/C15H22F2O3S/c1-3-4-5-6-14(16)15(17)11-20-21(18,19)13-9-7-12(2)8-10-13/h7-10,14-15H,3-6,11H2,1-2H3/t14-,15-/m0/s1. The van der Waals surface area contributed by atoms with Gasteiger partial charge in [0.2, 0.25) is 0 Å². The highest BCUT2D eigenvalue weighted by Gasteiger charge is 2.24. The van der Waals surface area contributed by atoms with Crippen molar-refractivity contribution in [3.63, 3.8) is 0 Å². The van der Waals surface area contributed by atoms with Gasteiger partial charge in [0.25, 0.3) is 10.1 Å². The van der Waals surface area contributed by atoms with E-state index in [0.29, 0.717) is 6.42 Å². The van der Waals surface area contributed by atoms with Gasteiger partial charge in [0.1, 0.15) is 12.8 Å². The Hall–Kier alpha value is -1.01. The van der Waals surface area contributed by atoms with Crippen LogP contribution in [0.1, 0.15) is 38.2 Å². The second-order valence-electron chi connectivity index (χ2n) is 5.08. The Morgan fingerprint density at radius 2 is 1.71 bits per heavy atom. The SMILES string of the molecule is CCCCC[C@H](F)[C@@H](F)COS(=O)(=O)c1ccc(C)cc1. The average Bonchev–Trinajstić information content (AvgIpc) is 2.45. The lowest BCUT2D eigenvalue weighted by Crippen LogP contribution is -2.25. The molecule has 0 aliphatic carbocycles. The molecule has 2 atom stereocenters. The first-order valence-electron chi connectivity index (χ1n) is 7.11. The van der Waals surface area contributed by atoms with Gasteiger partial charge in [-0.25, -0.2) is 8.78 Å². The van der Waals surface area contributed by atoms with Crippen molar-refractivity contribution in [2.24, 2.45) is 0 Å². The van der Waals surface area contributed by atoms with E-state index < -0.39 is 29.1 Å². The third-order valence-electron chi connectivity index (χ3n) is 3.17. The van der Waals surface area contributed by atoms with Crippen LogP contribution in [0.5, 0.6) is 0 Å². The molecule has 21 heavy (non-hydrogen) atoms. The molecule has 0 heterocycles. The molecule has 0 radical (unpaired) electrons. The second-order valence-corrected chi connectivity index (χ2v) is 6.69. The Morgan fingerprint density at radius 1 is 1.10 bits per heavy atom. The minimum Gasteiger partial charge on any atom is -0.263 e. The van der Waals surface area contributed by atoms with Crippen LogP contribution in [0.15, 0.2) is 29.2 Å². The third-order valence-corrected chi connectivity index (χ3v) is 4.46. The summed E-state index contributed by atoms with van der Waals surface area (Å²) in [4.78, 5) is -0.0540. The first-order valence-corrected chi connectivity index (χ1v) is 8.52. The smallest absolute Gasteiger partial charge is 0.263 e. The Bertz CT molecular complexity index is 514. The molecular formula is C15H22F2O3S. The van der Waals surface area contributed by atoms with Crippen molar-refractivity contribution >= 4 is 10.1 Å². The van der Waals surface area contributed by atoms with Crippen LogP contribution >= 0.6 is 0 Å². The lowest BCUT2D eigenvalue weighted by atomic mass is 10.1. The molecule has 120 valence electrons. The molecule has 0 spiro atoms. The zero-order valence-electron chi connectivity index (χ0n) is 12.4. The summed E-state index contributed by atoms with van der Waals surface area (Å²) in [6.07, 6.45) is -1.20. The van der Waals surface area contributed by atoms with Gasteiger partial charge in [0.05, 0.1) is 4.90 Å². The molecule has 0 amide bonds. The molecule has 1 aromatic carbocycles. The van der Waals surface area contributed by atoms with Gasteiger partial charge in [0.15, 0.2) is 6.17 Å². The van der Waals surface area contributed by atoms with Crippen LogP contribution in [0.25, 0.3) is 0 Å². The Morgan fingerprint density at radius 3 is 2.29 bits per heavy atom. The number of halogens is 2. The maximum atomic E-state index is 13.6. The number of hydrogen-bond acceptors (Lipinski definition) is 3. The number of rotatable bonds is 9. The van der Waals surface area contributed by atoms with Crippen LogP contribution < -0.4 is 0 Å². The number of aryl methyl sites for hydroxylation is 1. The highest BCUT2D eigenvalue weighted by Crippen LogP contribution is 2.17. The zero-order chi connectivity index (χ0) is 15.9. The summed E-state index contributed by atoms with van der Waals surface area (Å²) in [7, 11) is -4.04. The molecule has 0 unspecified atom stereocenters. The van der Waals surface area contributed by atoms with Crippen LogP contribution in [0.2, 0.25) is 0 Å². The fraction of sp³-hybridized carbons (Fsp3) is 0.600. The normalized spacial score (nSPS) is 14.9. The largest absolute Gasteiger partial charge is 0.297 e. The topological polar surface area (TPSA) is 43.4 Å². The Labute approximate surface area is 125 Å². The van der Waals surface area contributed by atoms with E-state index in [4.69, 9.17) is 0 Å². The van der Waals surface area contributed by atoms with Gasteiger partial charge in [-0.05, 0) is 25.5 Å². The molecule has 0 saturated heterocycles. The van der Waals surface area contributed by atoms with Crippen molar-refractivity contribution < 1.29 is 21.4 Å². The van der Waals surface area contributed by atoms with E-state index in [1.807, 2.05) is 13.8 Å². The number of unbranched alkanes of at least 4 members (excludes halogenated alkanes) is 2. The molecule has 0 N–H and O–H groups in total. The molecule has 0 fully saturated rings. The maximum Gasteiger partial charge on any atom is 0.297 e. The first-order chi connectivity index (χ1) is 9.86. The van der Waals surface area contributed by atoms with E-state index in [2.05, 4.69) is 4.18 Å². The molecular weight excluding hydrogens is 298 g/mol. The van der Waals surface area contributed by atoms with E-state index in [9.17, 15) is 17.2 Å². The third kappa shape index (κ3) is 6.09. The van der Waals surface area contributed by atoms with Gasteiger partial charge < -0.3 is 0 Å². The monoisotopic (exact) mass is 320 g/mol. The van der Waals surface area contributed by atoms with Gasteiger partial charge in [-0.1, -0.05) is 43.9 Å². The quantitative estimate of drug-likeness (QED) is 0.511. The van der Waals surface area contributed by atoms with Crippen molar-refractivity contribution in [2.45, 2.75) is 56.8 Å². The molecule has 0 aromatic heterocycles. The summed E-state index contributed by atoms with van der Waals surface area (Å²) in [6.45, 7) is 3.00. The molecule has 1 aromatic rings. The summed E-state index contributed by atoms with van der Waals surface area (Å²) >= 11 is 0. The maximum absolute atomic E-state index is 13.6. The molecule has 0 aliphatic heterocycles. The van der Waals surface area contributed by atoms with Crippen molar-refractivity contribution in [1.82, 2.24) is 0 Å².